The number of piperidine rings is 1. The summed E-state index contributed by atoms with van der Waals surface area (Å²) < 4.78 is 11.0. The van der Waals surface area contributed by atoms with E-state index in [9.17, 15) is 9.59 Å². The lowest BCUT2D eigenvalue weighted by Crippen LogP contribution is -2.52. The van der Waals surface area contributed by atoms with Gasteiger partial charge in [-0.2, -0.15) is 0 Å². The van der Waals surface area contributed by atoms with Crippen molar-refractivity contribution in [3.05, 3.63) is 47.4 Å². The quantitative estimate of drug-likeness (QED) is 0.816. The predicted octanol–water partition coefficient (Wildman–Crippen LogP) is 2.64. The van der Waals surface area contributed by atoms with E-state index in [1.54, 1.807) is 6.92 Å². The van der Waals surface area contributed by atoms with Gasteiger partial charge in [-0.05, 0) is 37.7 Å². The normalized spacial score (nSPS) is 22.3. The Morgan fingerprint density at radius 2 is 1.93 bits per heavy atom. The summed E-state index contributed by atoms with van der Waals surface area (Å²) in [6.45, 7) is 6.00. The summed E-state index contributed by atoms with van der Waals surface area (Å²) in [5.41, 5.74) is 1.17. The molecule has 6 nitrogen and oxygen atoms in total. The zero-order chi connectivity index (χ0) is 19.9. The molecule has 1 fully saturated rings. The van der Waals surface area contributed by atoms with Gasteiger partial charge in [0.1, 0.15) is 19.0 Å². The maximum absolute atomic E-state index is 12.8. The van der Waals surface area contributed by atoms with E-state index in [4.69, 9.17) is 9.47 Å². The Hall–Kier alpha value is -2.50. The fourth-order valence-corrected chi connectivity index (χ4v) is 3.86. The van der Waals surface area contributed by atoms with Gasteiger partial charge in [-0.25, -0.2) is 0 Å². The number of allylic oxidation sites excluding steroid dienone is 1. The molecule has 0 radical (unpaired) electrons. The van der Waals surface area contributed by atoms with E-state index in [1.807, 2.05) is 35.2 Å². The smallest absolute Gasteiger partial charge is 0.292 e. The second-order valence-electron chi connectivity index (χ2n) is 7.45. The summed E-state index contributed by atoms with van der Waals surface area (Å²) in [5.74, 6) is 1.09. The summed E-state index contributed by atoms with van der Waals surface area (Å²) in [5, 5.41) is 3.19. The van der Waals surface area contributed by atoms with Gasteiger partial charge in [-0.3, -0.25) is 9.59 Å². The number of amides is 2. The molecule has 1 aromatic rings. The Morgan fingerprint density at radius 3 is 2.64 bits per heavy atom. The van der Waals surface area contributed by atoms with Crippen LogP contribution in [0.4, 0.5) is 0 Å². The molecule has 0 spiro atoms. The number of hydrogen-bond donors (Lipinski definition) is 1. The van der Waals surface area contributed by atoms with E-state index < -0.39 is 0 Å². The SMILES string of the molecule is CC[C@@H]1CN(C(=O)C2=C(C)OCCO2)CC[C@@H]1NC(=O)CCc1ccccc1. The molecule has 1 saturated heterocycles. The maximum atomic E-state index is 12.8. The number of nitrogens with zero attached hydrogens (tertiary/aromatic N) is 1. The summed E-state index contributed by atoms with van der Waals surface area (Å²) >= 11 is 0. The van der Waals surface area contributed by atoms with Crippen molar-refractivity contribution >= 4 is 11.8 Å². The van der Waals surface area contributed by atoms with Crippen molar-refractivity contribution in [3.63, 3.8) is 0 Å². The van der Waals surface area contributed by atoms with Gasteiger partial charge in [-0.1, -0.05) is 37.3 Å². The summed E-state index contributed by atoms with van der Waals surface area (Å²) in [7, 11) is 0. The molecular weight excluding hydrogens is 356 g/mol. The van der Waals surface area contributed by atoms with Crippen LogP contribution in [0, 0.1) is 5.92 Å². The summed E-state index contributed by atoms with van der Waals surface area (Å²) in [4.78, 5) is 27.0. The number of rotatable bonds is 6. The van der Waals surface area contributed by atoms with E-state index in [0.717, 1.165) is 19.3 Å². The molecule has 2 aliphatic heterocycles. The van der Waals surface area contributed by atoms with E-state index >= 15 is 0 Å². The summed E-state index contributed by atoms with van der Waals surface area (Å²) in [6, 6.07) is 10.2. The van der Waals surface area contributed by atoms with Crippen molar-refractivity contribution in [2.45, 2.75) is 45.6 Å². The molecule has 6 heteroatoms. The van der Waals surface area contributed by atoms with Crippen LogP contribution in [0.1, 0.15) is 38.7 Å². The van der Waals surface area contributed by atoms with Crippen molar-refractivity contribution in [2.24, 2.45) is 5.92 Å². The van der Waals surface area contributed by atoms with Crippen molar-refractivity contribution in [3.8, 4) is 0 Å². The average Bonchev–Trinajstić information content (AvgIpc) is 2.73. The van der Waals surface area contributed by atoms with Crippen LogP contribution in [0.5, 0.6) is 0 Å². The van der Waals surface area contributed by atoms with Gasteiger partial charge >= 0.3 is 0 Å². The van der Waals surface area contributed by atoms with Crippen molar-refractivity contribution < 1.29 is 19.1 Å². The molecular formula is C22H30N2O4. The molecule has 28 heavy (non-hydrogen) atoms. The van der Waals surface area contributed by atoms with Gasteiger partial charge in [0.25, 0.3) is 5.91 Å². The number of hydrogen-bond acceptors (Lipinski definition) is 4. The molecule has 3 rings (SSSR count). The topological polar surface area (TPSA) is 67.9 Å². The van der Waals surface area contributed by atoms with Crippen LogP contribution in [0.3, 0.4) is 0 Å². The van der Waals surface area contributed by atoms with Crippen molar-refractivity contribution in [1.82, 2.24) is 10.2 Å². The van der Waals surface area contributed by atoms with Crippen LogP contribution in [0.2, 0.25) is 0 Å². The van der Waals surface area contributed by atoms with Crippen LogP contribution < -0.4 is 5.32 Å². The van der Waals surface area contributed by atoms with Crippen LogP contribution in [0.15, 0.2) is 41.9 Å². The number of ether oxygens (including phenoxy) is 2. The lowest BCUT2D eigenvalue weighted by molar-refractivity contribution is -0.135. The first kappa shape index (κ1) is 20.2. The molecule has 0 saturated carbocycles. The Labute approximate surface area is 166 Å². The largest absolute Gasteiger partial charge is 0.491 e. The first-order valence-electron chi connectivity index (χ1n) is 10.2. The highest BCUT2D eigenvalue weighted by molar-refractivity contribution is 5.92. The lowest BCUT2D eigenvalue weighted by atomic mass is 9.89. The fourth-order valence-electron chi connectivity index (χ4n) is 3.86. The molecule has 152 valence electrons. The van der Waals surface area contributed by atoms with E-state index in [0.29, 0.717) is 44.2 Å². The van der Waals surface area contributed by atoms with Crippen LogP contribution in [-0.2, 0) is 25.5 Å². The third kappa shape index (κ3) is 5.06. The lowest BCUT2D eigenvalue weighted by Gasteiger charge is -2.39. The zero-order valence-corrected chi connectivity index (χ0v) is 16.8. The number of benzene rings is 1. The first-order chi connectivity index (χ1) is 13.6. The highest BCUT2D eigenvalue weighted by Crippen LogP contribution is 2.24. The minimum Gasteiger partial charge on any atom is -0.491 e. The molecule has 2 aliphatic rings. The standard InChI is InChI=1S/C22H30N2O4/c1-3-18-15-24(22(26)21-16(2)27-13-14-28-21)12-11-19(18)23-20(25)10-9-17-7-5-4-6-8-17/h4-8,18-19H,3,9-15H2,1-2H3,(H,23,25)/t18-,19+/m1/s1. The van der Waals surface area contributed by atoms with Gasteiger partial charge in [0.15, 0.2) is 0 Å². The Balaban J connectivity index is 1.52. The van der Waals surface area contributed by atoms with Gasteiger partial charge in [-0.15, -0.1) is 0 Å². The molecule has 2 heterocycles. The minimum absolute atomic E-state index is 0.0784. The predicted molar refractivity (Wildman–Crippen MR) is 106 cm³/mol. The molecule has 0 bridgehead atoms. The van der Waals surface area contributed by atoms with E-state index in [1.165, 1.54) is 5.56 Å². The number of likely N-dealkylation sites (tertiary alicyclic amines) is 1. The van der Waals surface area contributed by atoms with Crippen molar-refractivity contribution in [2.75, 3.05) is 26.3 Å². The Kier molecular flexibility index (Phi) is 6.95. The second kappa shape index (κ2) is 9.62. The molecule has 0 aliphatic carbocycles. The van der Waals surface area contributed by atoms with Crippen LogP contribution in [0.25, 0.3) is 0 Å². The number of carbonyl (C=O) groups excluding carboxylic acids is 2. The Morgan fingerprint density at radius 1 is 1.18 bits per heavy atom. The van der Waals surface area contributed by atoms with Crippen LogP contribution in [-0.4, -0.2) is 49.1 Å². The molecule has 0 unspecified atom stereocenters. The second-order valence-corrected chi connectivity index (χ2v) is 7.45. The molecule has 2 atom stereocenters. The monoisotopic (exact) mass is 386 g/mol. The number of carbonyl (C=O) groups is 2. The minimum atomic E-state index is -0.107. The third-order valence-electron chi connectivity index (χ3n) is 5.54. The van der Waals surface area contributed by atoms with Gasteiger partial charge in [0.2, 0.25) is 11.7 Å². The molecule has 1 aromatic carbocycles. The average molecular weight is 386 g/mol. The molecule has 1 N–H and O–H groups in total. The summed E-state index contributed by atoms with van der Waals surface area (Å²) in [6.07, 6.45) is 2.89. The Bertz CT molecular complexity index is 717. The first-order valence-corrected chi connectivity index (χ1v) is 10.2. The van der Waals surface area contributed by atoms with E-state index in [2.05, 4.69) is 12.2 Å². The highest BCUT2D eigenvalue weighted by Gasteiger charge is 2.34. The van der Waals surface area contributed by atoms with Gasteiger partial charge in [0, 0.05) is 25.6 Å². The maximum Gasteiger partial charge on any atom is 0.292 e. The van der Waals surface area contributed by atoms with E-state index in [-0.39, 0.29) is 23.8 Å². The van der Waals surface area contributed by atoms with Gasteiger partial charge < -0.3 is 19.7 Å². The van der Waals surface area contributed by atoms with Gasteiger partial charge in [0.05, 0.1) is 0 Å². The molecule has 0 aromatic heterocycles. The van der Waals surface area contributed by atoms with Crippen LogP contribution >= 0.6 is 0 Å². The number of aryl methyl sites for hydroxylation is 1. The number of nitrogens with one attached hydrogen (secondary N) is 1. The zero-order valence-electron chi connectivity index (χ0n) is 16.8. The molecule has 2 amide bonds. The van der Waals surface area contributed by atoms with Crippen molar-refractivity contribution in [1.29, 1.82) is 0 Å². The third-order valence-corrected chi connectivity index (χ3v) is 5.54. The highest BCUT2D eigenvalue weighted by atomic mass is 16.6. The fraction of sp³-hybridized carbons (Fsp3) is 0.545.